The lowest BCUT2D eigenvalue weighted by molar-refractivity contribution is 0.227. The van der Waals surface area contributed by atoms with E-state index >= 15 is 0 Å². The van der Waals surface area contributed by atoms with Gasteiger partial charge in [0, 0.05) is 18.0 Å². The molecule has 0 aliphatic rings. The van der Waals surface area contributed by atoms with Crippen molar-refractivity contribution in [2.24, 2.45) is 0 Å². The van der Waals surface area contributed by atoms with Crippen molar-refractivity contribution < 1.29 is 14.3 Å². The predicted octanol–water partition coefficient (Wildman–Crippen LogP) is 2.39. The van der Waals surface area contributed by atoms with Crippen LogP contribution in [-0.2, 0) is 6.54 Å². The number of furan rings is 1. The molecule has 20 heavy (non-hydrogen) atoms. The van der Waals surface area contributed by atoms with Gasteiger partial charge in [-0.05, 0) is 25.0 Å². The molecule has 0 radical (unpaired) electrons. The monoisotopic (exact) mass is 276 g/mol. The van der Waals surface area contributed by atoms with Crippen molar-refractivity contribution in [3.63, 3.8) is 0 Å². The quantitative estimate of drug-likeness (QED) is 0.758. The van der Waals surface area contributed by atoms with E-state index in [4.69, 9.17) is 9.52 Å². The van der Waals surface area contributed by atoms with Gasteiger partial charge in [0.2, 0.25) is 0 Å². The topological polar surface area (TPSA) is 74.5 Å². The van der Waals surface area contributed by atoms with Crippen LogP contribution in [-0.4, -0.2) is 23.8 Å². The second-order valence-corrected chi connectivity index (χ2v) is 4.70. The minimum atomic E-state index is -0.245. The first-order valence-corrected chi connectivity index (χ1v) is 6.85. The summed E-state index contributed by atoms with van der Waals surface area (Å²) in [6, 6.07) is 9.39. The van der Waals surface area contributed by atoms with E-state index in [-0.39, 0.29) is 18.7 Å². The summed E-state index contributed by atoms with van der Waals surface area (Å²) in [5.41, 5.74) is 0.816. The van der Waals surface area contributed by atoms with Crippen LogP contribution < -0.4 is 10.6 Å². The first kappa shape index (κ1) is 14.4. The van der Waals surface area contributed by atoms with E-state index in [2.05, 4.69) is 10.6 Å². The number of para-hydroxylation sites is 1. The number of hydrogen-bond acceptors (Lipinski definition) is 3. The number of carbonyl (C=O) groups is 1. The number of carbonyl (C=O) groups excluding carboxylic acids is 1. The molecule has 0 spiro atoms. The highest BCUT2D eigenvalue weighted by atomic mass is 16.3. The zero-order chi connectivity index (χ0) is 14.4. The van der Waals surface area contributed by atoms with Gasteiger partial charge in [0.25, 0.3) is 0 Å². The van der Waals surface area contributed by atoms with Crippen LogP contribution in [0.3, 0.4) is 0 Å². The third-order valence-electron chi connectivity index (χ3n) is 3.21. The maximum absolute atomic E-state index is 11.7. The fourth-order valence-corrected chi connectivity index (χ4v) is 2.06. The van der Waals surface area contributed by atoms with Gasteiger partial charge in [0.1, 0.15) is 11.3 Å². The standard InChI is InChI=1S/C15H20N2O3/c1-2-12(7-8-18)17-15(19)16-10-13-9-11-5-3-4-6-14(11)20-13/h3-6,9,12,18H,2,7-8,10H2,1H3,(H2,16,17,19). The normalized spacial score (nSPS) is 12.3. The summed E-state index contributed by atoms with van der Waals surface area (Å²) in [6.45, 7) is 2.39. The molecule has 3 N–H and O–H groups in total. The third-order valence-corrected chi connectivity index (χ3v) is 3.21. The van der Waals surface area contributed by atoms with Gasteiger partial charge in [0.15, 0.2) is 0 Å². The van der Waals surface area contributed by atoms with Crippen LogP contribution in [0, 0.1) is 0 Å². The van der Waals surface area contributed by atoms with Crippen molar-refractivity contribution in [3.8, 4) is 0 Å². The van der Waals surface area contributed by atoms with E-state index in [1.165, 1.54) is 0 Å². The first-order valence-electron chi connectivity index (χ1n) is 6.85. The molecule has 2 rings (SSSR count). The molecule has 1 aromatic carbocycles. The molecule has 108 valence electrons. The molecule has 1 atom stereocenters. The van der Waals surface area contributed by atoms with Gasteiger partial charge < -0.3 is 20.2 Å². The van der Waals surface area contributed by atoms with Crippen molar-refractivity contribution in [2.45, 2.75) is 32.4 Å². The largest absolute Gasteiger partial charge is 0.459 e. The lowest BCUT2D eigenvalue weighted by Gasteiger charge is -2.15. The van der Waals surface area contributed by atoms with Gasteiger partial charge in [0.05, 0.1) is 6.54 Å². The van der Waals surface area contributed by atoms with Crippen LogP contribution in [0.1, 0.15) is 25.5 Å². The highest BCUT2D eigenvalue weighted by Crippen LogP contribution is 2.18. The molecule has 1 heterocycles. The Morgan fingerprint density at radius 1 is 1.40 bits per heavy atom. The van der Waals surface area contributed by atoms with Crippen LogP contribution >= 0.6 is 0 Å². The van der Waals surface area contributed by atoms with Crippen molar-refractivity contribution in [2.75, 3.05) is 6.61 Å². The molecule has 0 bridgehead atoms. The minimum Gasteiger partial charge on any atom is -0.459 e. The Labute approximate surface area is 118 Å². The summed E-state index contributed by atoms with van der Waals surface area (Å²) in [7, 11) is 0. The molecule has 1 unspecified atom stereocenters. The van der Waals surface area contributed by atoms with Crippen molar-refractivity contribution >= 4 is 17.0 Å². The Bertz CT molecular complexity index is 532. The summed E-state index contributed by atoms with van der Waals surface area (Å²) in [5.74, 6) is 0.719. The second-order valence-electron chi connectivity index (χ2n) is 4.70. The van der Waals surface area contributed by atoms with E-state index in [0.29, 0.717) is 13.0 Å². The number of aliphatic hydroxyl groups excluding tert-OH is 1. The number of fused-ring (bicyclic) bond motifs is 1. The lowest BCUT2D eigenvalue weighted by Crippen LogP contribution is -2.41. The van der Waals surface area contributed by atoms with E-state index in [9.17, 15) is 4.79 Å². The molecule has 0 aliphatic heterocycles. The predicted molar refractivity (Wildman–Crippen MR) is 77.4 cm³/mol. The van der Waals surface area contributed by atoms with Crippen LogP contribution in [0.4, 0.5) is 4.79 Å². The van der Waals surface area contributed by atoms with Crippen LogP contribution in [0.2, 0.25) is 0 Å². The lowest BCUT2D eigenvalue weighted by atomic mass is 10.2. The summed E-state index contributed by atoms with van der Waals surface area (Å²) in [5, 5.41) is 15.5. The van der Waals surface area contributed by atoms with Gasteiger partial charge in [-0.3, -0.25) is 0 Å². The number of urea groups is 1. The summed E-state index contributed by atoms with van der Waals surface area (Å²) < 4.78 is 5.61. The van der Waals surface area contributed by atoms with Crippen molar-refractivity contribution in [3.05, 3.63) is 36.1 Å². The molecule has 0 saturated heterocycles. The van der Waals surface area contributed by atoms with E-state index in [1.807, 2.05) is 37.3 Å². The zero-order valence-electron chi connectivity index (χ0n) is 11.6. The molecule has 0 fully saturated rings. The Hall–Kier alpha value is -2.01. The molecule has 5 heteroatoms. The molecular formula is C15H20N2O3. The second kappa shape index (κ2) is 6.96. The number of rotatable bonds is 6. The zero-order valence-corrected chi connectivity index (χ0v) is 11.6. The fourth-order valence-electron chi connectivity index (χ4n) is 2.06. The number of nitrogens with one attached hydrogen (secondary N) is 2. The maximum atomic E-state index is 11.7. The average molecular weight is 276 g/mol. The highest BCUT2D eigenvalue weighted by Gasteiger charge is 2.10. The molecule has 1 aromatic heterocycles. The maximum Gasteiger partial charge on any atom is 0.315 e. The SMILES string of the molecule is CCC(CCO)NC(=O)NCc1cc2ccccc2o1. The van der Waals surface area contributed by atoms with Gasteiger partial charge >= 0.3 is 6.03 Å². The van der Waals surface area contributed by atoms with Gasteiger partial charge in [-0.1, -0.05) is 25.1 Å². The number of hydrogen-bond donors (Lipinski definition) is 3. The minimum absolute atomic E-state index is 0.00401. The van der Waals surface area contributed by atoms with Crippen LogP contribution in [0.25, 0.3) is 11.0 Å². The van der Waals surface area contributed by atoms with E-state index < -0.39 is 0 Å². The average Bonchev–Trinajstić information content (AvgIpc) is 2.87. The van der Waals surface area contributed by atoms with Gasteiger partial charge in [-0.15, -0.1) is 0 Å². The summed E-state index contributed by atoms with van der Waals surface area (Å²) >= 11 is 0. The smallest absolute Gasteiger partial charge is 0.315 e. The first-order chi connectivity index (χ1) is 9.72. The Kier molecular flexibility index (Phi) is 5.01. The van der Waals surface area contributed by atoms with E-state index in [0.717, 1.165) is 23.2 Å². The van der Waals surface area contributed by atoms with Gasteiger partial charge in [-0.2, -0.15) is 0 Å². The summed E-state index contributed by atoms with van der Waals surface area (Å²) in [4.78, 5) is 11.7. The highest BCUT2D eigenvalue weighted by molar-refractivity contribution is 5.78. The van der Waals surface area contributed by atoms with Crippen molar-refractivity contribution in [1.82, 2.24) is 10.6 Å². The van der Waals surface area contributed by atoms with Gasteiger partial charge in [-0.25, -0.2) is 4.79 Å². The Balaban J connectivity index is 1.86. The molecular weight excluding hydrogens is 256 g/mol. The Morgan fingerprint density at radius 3 is 2.90 bits per heavy atom. The Morgan fingerprint density at radius 2 is 2.20 bits per heavy atom. The fraction of sp³-hybridized carbons (Fsp3) is 0.400. The molecule has 2 aromatic rings. The molecule has 5 nitrogen and oxygen atoms in total. The molecule has 2 amide bonds. The van der Waals surface area contributed by atoms with Crippen LogP contribution in [0.15, 0.2) is 34.7 Å². The number of amides is 2. The van der Waals surface area contributed by atoms with E-state index in [1.54, 1.807) is 0 Å². The van der Waals surface area contributed by atoms with Crippen molar-refractivity contribution in [1.29, 1.82) is 0 Å². The number of aliphatic hydroxyl groups is 1. The number of benzene rings is 1. The van der Waals surface area contributed by atoms with Crippen LogP contribution in [0.5, 0.6) is 0 Å². The molecule has 0 aliphatic carbocycles. The summed E-state index contributed by atoms with van der Waals surface area (Å²) in [6.07, 6.45) is 1.35. The molecule has 0 saturated carbocycles. The third kappa shape index (κ3) is 3.74.